The molecule has 0 spiro atoms. The fourth-order valence-corrected chi connectivity index (χ4v) is 5.20. The van der Waals surface area contributed by atoms with Crippen LogP contribution >= 0.6 is 15.9 Å². The Hall–Kier alpha value is -3.49. The van der Waals surface area contributed by atoms with Crippen molar-refractivity contribution >= 4 is 39.5 Å². The van der Waals surface area contributed by atoms with E-state index >= 15 is 0 Å². The molecule has 1 saturated heterocycles. The zero-order chi connectivity index (χ0) is 25.2. The molecule has 0 unspecified atom stereocenters. The monoisotopic (exact) mass is 557 g/mol. The molecule has 7 nitrogen and oxygen atoms in total. The Labute approximate surface area is 223 Å². The van der Waals surface area contributed by atoms with Gasteiger partial charge in [0, 0.05) is 29.6 Å². The number of benzene rings is 2. The van der Waals surface area contributed by atoms with E-state index in [9.17, 15) is 0 Å². The summed E-state index contributed by atoms with van der Waals surface area (Å²) in [6.07, 6.45) is 10.0. The van der Waals surface area contributed by atoms with E-state index in [1.54, 1.807) is 13.3 Å². The van der Waals surface area contributed by atoms with Gasteiger partial charge in [0.2, 0.25) is 5.88 Å². The van der Waals surface area contributed by atoms with Gasteiger partial charge in [-0.1, -0.05) is 28.1 Å². The van der Waals surface area contributed by atoms with Crippen LogP contribution in [0.3, 0.4) is 0 Å². The molecule has 0 bridgehead atoms. The highest BCUT2D eigenvalue weighted by atomic mass is 79.9. The van der Waals surface area contributed by atoms with Crippen LogP contribution in [0.4, 0.5) is 11.4 Å². The van der Waals surface area contributed by atoms with Crippen LogP contribution in [0.2, 0.25) is 0 Å². The Kier molecular flexibility index (Phi) is 6.76. The molecule has 1 fully saturated rings. The Balaban J connectivity index is 1.62. The van der Waals surface area contributed by atoms with E-state index < -0.39 is 0 Å². The van der Waals surface area contributed by atoms with Crippen LogP contribution < -0.4 is 26.1 Å². The number of methoxy groups -OCH3 is 1. The van der Waals surface area contributed by atoms with Crippen molar-refractivity contribution in [2.45, 2.75) is 31.7 Å². The van der Waals surface area contributed by atoms with Gasteiger partial charge in [-0.05, 0) is 74.2 Å². The van der Waals surface area contributed by atoms with Crippen LogP contribution in [-0.2, 0) is 4.74 Å². The largest absolute Gasteiger partial charge is 0.480 e. The third-order valence-electron chi connectivity index (χ3n) is 6.75. The summed E-state index contributed by atoms with van der Waals surface area (Å²) >= 11 is 3.58. The average Bonchev–Trinajstić information content (AvgIpc) is 2.94. The molecule has 2 aliphatic carbocycles. The Morgan fingerprint density at radius 1 is 1.05 bits per heavy atom. The van der Waals surface area contributed by atoms with E-state index in [1.807, 2.05) is 12.1 Å². The molecule has 1 N–H and O–H groups in total. The molecule has 37 heavy (non-hydrogen) atoms. The summed E-state index contributed by atoms with van der Waals surface area (Å²) in [5.74, 6) is 0.533. The second-order valence-electron chi connectivity index (χ2n) is 9.20. The van der Waals surface area contributed by atoms with E-state index in [2.05, 4.69) is 79.3 Å². The molecule has 2 aliphatic heterocycles. The minimum atomic E-state index is 0.203. The van der Waals surface area contributed by atoms with E-state index in [4.69, 9.17) is 19.5 Å². The number of fused-ring (bicyclic) bond motifs is 2. The number of pyridine rings is 1. The maximum absolute atomic E-state index is 5.59. The predicted molar refractivity (Wildman–Crippen MR) is 149 cm³/mol. The second-order valence-corrected chi connectivity index (χ2v) is 10.1. The first kappa shape index (κ1) is 23.9. The Bertz CT molecular complexity index is 1590. The van der Waals surface area contributed by atoms with Gasteiger partial charge in [-0.15, -0.1) is 0 Å². The van der Waals surface area contributed by atoms with E-state index in [-0.39, 0.29) is 6.04 Å². The molecule has 1 aromatic heterocycles. The van der Waals surface area contributed by atoms with Crippen molar-refractivity contribution in [3.8, 4) is 23.0 Å². The van der Waals surface area contributed by atoms with Crippen LogP contribution in [0.25, 0.3) is 29.2 Å². The lowest BCUT2D eigenvalue weighted by Crippen LogP contribution is -2.40. The zero-order valence-corrected chi connectivity index (χ0v) is 22.2. The number of hydrogen-bond acceptors (Lipinski definition) is 6. The van der Waals surface area contributed by atoms with Crippen molar-refractivity contribution in [1.29, 1.82) is 0 Å². The van der Waals surface area contributed by atoms with Gasteiger partial charge in [-0.3, -0.25) is 4.99 Å². The fraction of sp³-hybridized carbons (Fsp3) is 0.276. The molecule has 0 amide bonds. The maximum atomic E-state index is 5.59. The van der Waals surface area contributed by atoms with Gasteiger partial charge in [0.25, 0.3) is 0 Å². The summed E-state index contributed by atoms with van der Waals surface area (Å²) in [6.45, 7) is 1.47. The van der Waals surface area contributed by atoms with E-state index in [0.717, 1.165) is 87.9 Å². The number of hydrogen-bond donors (Lipinski definition) is 1. The van der Waals surface area contributed by atoms with E-state index in [1.165, 1.54) is 0 Å². The summed E-state index contributed by atoms with van der Waals surface area (Å²) in [4.78, 5) is 14.7. The quantitative estimate of drug-likeness (QED) is 0.395. The van der Waals surface area contributed by atoms with Crippen LogP contribution in [0.5, 0.6) is 5.88 Å². The number of rotatable bonds is 5. The van der Waals surface area contributed by atoms with Crippen molar-refractivity contribution in [2.75, 3.05) is 25.6 Å². The lowest BCUT2D eigenvalue weighted by molar-refractivity contribution is 0.0864. The average molecular weight is 558 g/mol. The van der Waals surface area contributed by atoms with Crippen LogP contribution in [0, 0.1) is 0 Å². The number of nitrogens with one attached hydrogen (secondary N) is 1. The van der Waals surface area contributed by atoms with Gasteiger partial charge >= 0.3 is 0 Å². The first-order chi connectivity index (χ1) is 18.2. The van der Waals surface area contributed by atoms with Crippen molar-refractivity contribution in [3.05, 3.63) is 75.3 Å². The number of halogens is 1. The SMILES string of the molecule is COc1ncccc1Nc1cc2nc3c(n(-c4ccc(Br)cc4)c-2cc1=NC1CCOCC1)=CCCC=3. The van der Waals surface area contributed by atoms with Gasteiger partial charge in [-0.2, -0.15) is 0 Å². The van der Waals surface area contributed by atoms with Crippen molar-refractivity contribution in [2.24, 2.45) is 4.99 Å². The lowest BCUT2D eigenvalue weighted by Gasteiger charge is -2.22. The third kappa shape index (κ3) is 4.91. The second kappa shape index (κ2) is 10.5. The lowest BCUT2D eigenvalue weighted by atomic mass is 10.1. The normalized spacial score (nSPS) is 16.1. The number of nitrogens with zero attached hydrogens (tertiary/aromatic N) is 4. The van der Waals surface area contributed by atoms with Gasteiger partial charge in [-0.25, -0.2) is 9.97 Å². The summed E-state index contributed by atoms with van der Waals surface area (Å²) < 4.78 is 14.4. The Morgan fingerprint density at radius 2 is 1.86 bits per heavy atom. The molecule has 188 valence electrons. The number of ether oxygens (including phenoxy) is 2. The van der Waals surface area contributed by atoms with Gasteiger partial charge in [0.15, 0.2) is 0 Å². The molecule has 4 aliphatic rings. The maximum Gasteiger partial charge on any atom is 0.237 e. The molecule has 1 aromatic carbocycles. The van der Waals surface area contributed by atoms with Gasteiger partial charge in [0.1, 0.15) is 5.69 Å². The molecule has 6 rings (SSSR count). The third-order valence-corrected chi connectivity index (χ3v) is 7.28. The summed E-state index contributed by atoms with van der Waals surface area (Å²) in [7, 11) is 1.63. The summed E-state index contributed by atoms with van der Waals surface area (Å²) in [5, 5.41) is 6.54. The topological polar surface area (TPSA) is 73.6 Å². The molecular formula is C29H28BrN5O2. The zero-order valence-electron chi connectivity index (χ0n) is 20.7. The van der Waals surface area contributed by atoms with Gasteiger partial charge in [0.05, 0.1) is 46.3 Å². The molecule has 0 atom stereocenters. The van der Waals surface area contributed by atoms with Crippen molar-refractivity contribution in [3.63, 3.8) is 0 Å². The minimum absolute atomic E-state index is 0.203. The molecule has 3 heterocycles. The van der Waals surface area contributed by atoms with Crippen LogP contribution in [0.1, 0.15) is 25.7 Å². The molecule has 0 radical (unpaired) electrons. The Morgan fingerprint density at radius 3 is 2.68 bits per heavy atom. The summed E-state index contributed by atoms with van der Waals surface area (Å²) in [5.41, 5.74) is 4.66. The highest BCUT2D eigenvalue weighted by molar-refractivity contribution is 9.10. The molecule has 0 saturated carbocycles. The van der Waals surface area contributed by atoms with Gasteiger partial charge < -0.3 is 19.4 Å². The predicted octanol–water partition coefficient (Wildman–Crippen LogP) is 4.32. The molecular weight excluding hydrogens is 530 g/mol. The van der Waals surface area contributed by atoms with Crippen LogP contribution in [-0.4, -0.2) is 40.9 Å². The van der Waals surface area contributed by atoms with Crippen molar-refractivity contribution in [1.82, 2.24) is 14.5 Å². The van der Waals surface area contributed by atoms with Crippen molar-refractivity contribution < 1.29 is 9.47 Å². The number of anilines is 2. The van der Waals surface area contributed by atoms with Crippen LogP contribution in [0.15, 0.2) is 64.2 Å². The first-order valence-corrected chi connectivity index (χ1v) is 13.4. The summed E-state index contributed by atoms with van der Waals surface area (Å²) in [6, 6.07) is 16.7. The minimum Gasteiger partial charge on any atom is -0.480 e. The fourth-order valence-electron chi connectivity index (χ4n) is 4.93. The standard InChI is InChI=1S/C29H28BrN5O2/c1-36-29-23(6-4-14-31-29)34-24-17-26-28(18-25(24)32-20-12-15-37-16-13-20)35(21-10-8-19(30)9-11-21)27-7-3-2-5-22(27)33-26/h4-11,14,17-18,20,34H,2-3,12-13,15-16H2,1H3. The highest BCUT2D eigenvalue weighted by Crippen LogP contribution is 2.27. The number of aromatic nitrogens is 3. The highest BCUT2D eigenvalue weighted by Gasteiger charge is 2.19. The molecule has 2 aromatic rings. The smallest absolute Gasteiger partial charge is 0.237 e. The van der Waals surface area contributed by atoms with E-state index in [0.29, 0.717) is 5.88 Å². The first-order valence-electron chi connectivity index (χ1n) is 12.6. The molecule has 8 heteroatoms.